The zero-order valence-electron chi connectivity index (χ0n) is 11.2. The molecule has 98 valence electrons. The average molecular weight is 240 g/mol. The van der Waals surface area contributed by atoms with Gasteiger partial charge in [0.2, 0.25) is 0 Å². The van der Waals surface area contributed by atoms with Crippen LogP contribution in [0.4, 0.5) is 0 Å². The van der Waals surface area contributed by atoms with Crippen molar-refractivity contribution in [3.63, 3.8) is 0 Å². The van der Waals surface area contributed by atoms with E-state index in [2.05, 4.69) is 29.2 Å². The highest BCUT2D eigenvalue weighted by molar-refractivity contribution is 5.10. The van der Waals surface area contributed by atoms with Gasteiger partial charge in [0.15, 0.2) is 0 Å². The molecule has 17 heavy (non-hydrogen) atoms. The van der Waals surface area contributed by atoms with Crippen LogP contribution in [0.1, 0.15) is 31.5 Å². The van der Waals surface area contributed by atoms with Gasteiger partial charge in [-0.1, -0.05) is 0 Å². The van der Waals surface area contributed by atoms with Gasteiger partial charge in [0.1, 0.15) is 0 Å². The first-order chi connectivity index (χ1) is 8.04. The molecule has 1 aromatic rings. The van der Waals surface area contributed by atoms with Crippen LogP contribution in [0.25, 0.3) is 0 Å². The Labute approximate surface area is 103 Å². The van der Waals surface area contributed by atoms with Crippen molar-refractivity contribution in [2.45, 2.75) is 25.9 Å². The van der Waals surface area contributed by atoms with Crippen LogP contribution in [0.5, 0.6) is 0 Å². The van der Waals surface area contributed by atoms with Crippen LogP contribution in [0.3, 0.4) is 0 Å². The number of hydrogen-bond acceptors (Lipinski definition) is 4. The molecule has 1 heterocycles. The van der Waals surface area contributed by atoms with Crippen LogP contribution in [0.15, 0.2) is 12.4 Å². The van der Waals surface area contributed by atoms with E-state index in [1.54, 1.807) is 0 Å². The predicted molar refractivity (Wildman–Crippen MR) is 69.0 cm³/mol. The Hall–Kier alpha value is -0.910. The van der Waals surface area contributed by atoms with E-state index in [1.807, 2.05) is 31.2 Å². The summed E-state index contributed by atoms with van der Waals surface area (Å²) in [6.45, 7) is 6.07. The molecule has 0 saturated heterocycles. The second-order valence-electron chi connectivity index (χ2n) is 4.84. The van der Waals surface area contributed by atoms with Crippen LogP contribution in [-0.4, -0.2) is 53.6 Å². The number of hydrogen-bond donors (Lipinski definition) is 2. The average Bonchev–Trinajstić information content (AvgIpc) is 2.73. The lowest BCUT2D eigenvalue weighted by molar-refractivity contribution is 0.240. The van der Waals surface area contributed by atoms with Gasteiger partial charge in [0.05, 0.1) is 18.8 Å². The third-order valence-electron chi connectivity index (χ3n) is 2.69. The Morgan fingerprint density at radius 1 is 1.47 bits per heavy atom. The van der Waals surface area contributed by atoms with Crippen LogP contribution in [0, 0.1) is 0 Å². The number of nitrogens with zero attached hydrogens (tertiary/aromatic N) is 3. The van der Waals surface area contributed by atoms with E-state index in [0.29, 0.717) is 6.04 Å². The largest absolute Gasteiger partial charge is 0.394 e. The molecule has 0 amide bonds. The second kappa shape index (κ2) is 6.74. The van der Waals surface area contributed by atoms with Crippen molar-refractivity contribution < 1.29 is 5.11 Å². The Balaban J connectivity index is 2.53. The molecule has 2 N–H and O–H groups in total. The first-order valence-electron chi connectivity index (χ1n) is 6.07. The standard InChI is InChI=1S/C12H24N4O/c1-10(2)16-8-11(7-14-16)12(9-17)13-5-6-15(3)4/h7-8,10,12-13,17H,5-6,9H2,1-4H3. The van der Waals surface area contributed by atoms with Gasteiger partial charge in [-0.25, -0.2) is 0 Å². The van der Waals surface area contributed by atoms with Crippen LogP contribution < -0.4 is 5.32 Å². The van der Waals surface area contributed by atoms with E-state index >= 15 is 0 Å². The third kappa shape index (κ3) is 4.46. The maximum atomic E-state index is 9.38. The van der Waals surface area contributed by atoms with E-state index in [9.17, 15) is 5.11 Å². The van der Waals surface area contributed by atoms with Crippen molar-refractivity contribution in [1.82, 2.24) is 20.0 Å². The lowest BCUT2D eigenvalue weighted by Crippen LogP contribution is -2.31. The minimum atomic E-state index is -0.0255. The summed E-state index contributed by atoms with van der Waals surface area (Å²) < 4.78 is 1.91. The lowest BCUT2D eigenvalue weighted by atomic mass is 10.2. The summed E-state index contributed by atoms with van der Waals surface area (Å²) in [5, 5.41) is 17.0. The maximum Gasteiger partial charge on any atom is 0.0627 e. The molecule has 0 saturated carbocycles. The molecule has 5 heteroatoms. The number of aliphatic hydroxyl groups excluding tert-OH is 1. The van der Waals surface area contributed by atoms with Gasteiger partial charge in [0.25, 0.3) is 0 Å². The quantitative estimate of drug-likeness (QED) is 0.735. The topological polar surface area (TPSA) is 53.3 Å². The highest BCUT2D eigenvalue weighted by Crippen LogP contribution is 2.13. The van der Waals surface area contributed by atoms with E-state index in [0.717, 1.165) is 18.7 Å². The Morgan fingerprint density at radius 3 is 2.65 bits per heavy atom. The molecule has 1 rings (SSSR count). The zero-order chi connectivity index (χ0) is 12.8. The Kier molecular flexibility index (Phi) is 5.61. The van der Waals surface area contributed by atoms with Crippen LogP contribution in [0.2, 0.25) is 0 Å². The van der Waals surface area contributed by atoms with Crippen molar-refractivity contribution in [2.75, 3.05) is 33.8 Å². The Bertz CT molecular complexity index is 322. The van der Waals surface area contributed by atoms with E-state index in [1.165, 1.54) is 0 Å². The smallest absolute Gasteiger partial charge is 0.0627 e. The molecule has 0 aliphatic carbocycles. The summed E-state index contributed by atoms with van der Waals surface area (Å²) in [6.07, 6.45) is 3.82. The normalized spacial score (nSPS) is 13.6. The molecule has 0 bridgehead atoms. The molecule has 0 fully saturated rings. The highest BCUT2D eigenvalue weighted by Gasteiger charge is 2.12. The van der Waals surface area contributed by atoms with Crippen molar-refractivity contribution in [1.29, 1.82) is 0 Å². The predicted octanol–water partition coefficient (Wildman–Crippen LogP) is 0.649. The van der Waals surface area contributed by atoms with Crippen LogP contribution in [-0.2, 0) is 0 Å². The fraction of sp³-hybridized carbons (Fsp3) is 0.750. The van der Waals surface area contributed by atoms with Crippen molar-refractivity contribution in [2.24, 2.45) is 0 Å². The molecule has 5 nitrogen and oxygen atoms in total. The fourth-order valence-electron chi connectivity index (χ4n) is 1.57. The van der Waals surface area contributed by atoms with Gasteiger partial charge < -0.3 is 15.3 Å². The zero-order valence-corrected chi connectivity index (χ0v) is 11.2. The third-order valence-corrected chi connectivity index (χ3v) is 2.69. The summed E-state index contributed by atoms with van der Waals surface area (Å²) >= 11 is 0. The molecular weight excluding hydrogens is 216 g/mol. The minimum Gasteiger partial charge on any atom is -0.394 e. The van der Waals surface area contributed by atoms with Crippen molar-refractivity contribution >= 4 is 0 Å². The van der Waals surface area contributed by atoms with Gasteiger partial charge in [0, 0.05) is 30.9 Å². The highest BCUT2D eigenvalue weighted by atomic mass is 16.3. The second-order valence-corrected chi connectivity index (χ2v) is 4.84. The minimum absolute atomic E-state index is 0.0255. The van der Waals surface area contributed by atoms with Crippen molar-refractivity contribution in [3.05, 3.63) is 18.0 Å². The number of aromatic nitrogens is 2. The molecule has 0 radical (unpaired) electrons. The molecule has 0 aromatic carbocycles. The SMILES string of the molecule is CC(C)n1cc(C(CO)NCCN(C)C)cn1. The number of rotatable bonds is 7. The van der Waals surface area contributed by atoms with Crippen molar-refractivity contribution in [3.8, 4) is 0 Å². The molecular formula is C12H24N4O. The Morgan fingerprint density at radius 2 is 2.18 bits per heavy atom. The molecule has 1 aromatic heterocycles. The lowest BCUT2D eigenvalue weighted by Gasteiger charge is -2.16. The first kappa shape index (κ1) is 14.2. The summed E-state index contributed by atoms with van der Waals surface area (Å²) in [5.74, 6) is 0. The molecule has 1 atom stereocenters. The molecule has 0 aliphatic heterocycles. The number of likely N-dealkylation sites (N-methyl/N-ethyl adjacent to an activating group) is 1. The molecule has 0 spiro atoms. The van der Waals surface area contributed by atoms with E-state index < -0.39 is 0 Å². The van der Waals surface area contributed by atoms with E-state index in [4.69, 9.17) is 0 Å². The maximum absolute atomic E-state index is 9.38. The number of nitrogens with one attached hydrogen (secondary N) is 1. The fourth-order valence-corrected chi connectivity index (χ4v) is 1.57. The molecule has 1 unspecified atom stereocenters. The first-order valence-corrected chi connectivity index (χ1v) is 6.07. The number of aliphatic hydroxyl groups is 1. The van der Waals surface area contributed by atoms with Gasteiger partial charge in [-0.2, -0.15) is 5.10 Å². The summed E-state index contributed by atoms with van der Waals surface area (Å²) in [4.78, 5) is 2.11. The van der Waals surface area contributed by atoms with Gasteiger partial charge in [-0.3, -0.25) is 4.68 Å². The summed E-state index contributed by atoms with van der Waals surface area (Å²) in [5.41, 5.74) is 1.04. The summed E-state index contributed by atoms with van der Waals surface area (Å²) in [6, 6.07) is 0.326. The molecule has 0 aliphatic rings. The van der Waals surface area contributed by atoms with Gasteiger partial charge in [-0.05, 0) is 27.9 Å². The monoisotopic (exact) mass is 240 g/mol. The van der Waals surface area contributed by atoms with Gasteiger partial charge >= 0.3 is 0 Å². The summed E-state index contributed by atoms with van der Waals surface area (Å²) in [7, 11) is 4.07. The van der Waals surface area contributed by atoms with E-state index in [-0.39, 0.29) is 12.6 Å². The van der Waals surface area contributed by atoms with Gasteiger partial charge in [-0.15, -0.1) is 0 Å². The van der Waals surface area contributed by atoms with Crippen LogP contribution >= 0.6 is 0 Å².